The second kappa shape index (κ2) is 6.80. The predicted molar refractivity (Wildman–Crippen MR) is 106 cm³/mol. The number of sulfonamides is 1. The highest BCUT2D eigenvalue weighted by Crippen LogP contribution is 2.41. The topological polar surface area (TPSA) is 79.4 Å². The number of nitrogens with zero attached hydrogens (tertiary/aromatic N) is 2. The van der Waals surface area contributed by atoms with Crippen LogP contribution >= 0.6 is 11.6 Å². The van der Waals surface area contributed by atoms with Crippen LogP contribution in [0.15, 0.2) is 30.5 Å². The van der Waals surface area contributed by atoms with E-state index >= 15 is 0 Å². The maximum absolute atomic E-state index is 12.8. The Morgan fingerprint density at radius 1 is 1.26 bits per heavy atom. The maximum atomic E-state index is 12.8. The van der Waals surface area contributed by atoms with Gasteiger partial charge in [-0.3, -0.25) is 9.10 Å². The van der Waals surface area contributed by atoms with E-state index in [-0.39, 0.29) is 17.5 Å². The molecule has 2 fully saturated rings. The molecule has 4 rings (SSSR count). The molecule has 0 bridgehead atoms. The molecule has 27 heavy (non-hydrogen) atoms. The second-order valence-electron chi connectivity index (χ2n) is 7.10. The largest absolute Gasteiger partial charge is 0.322 e. The van der Waals surface area contributed by atoms with Crippen LogP contribution in [0.4, 0.5) is 11.5 Å². The summed E-state index contributed by atoms with van der Waals surface area (Å²) in [4.78, 5) is 17.0. The molecule has 2 aromatic rings. The number of amides is 1. The van der Waals surface area contributed by atoms with Crippen molar-refractivity contribution in [1.29, 1.82) is 0 Å². The van der Waals surface area contributed by atoms with E-state index in [0.29, 0.717) is 40.7 Å². The molecule has 8 heteroatoms. The molecule has 142 valence electrons. The number of hydrogen-bond acceptors (Lipinski definition) is 4. The summed E-state index contributed by atoms with van der Waals surface area (Å²) >= 11 is 6.19. The number of aryl methyl sites for hydroxylation is 1. The number of aromatic nitrogens is 1. The van der Waals surface area contributed by atoms with Crippen molar-refractivity contribution >= 4 is 39.0 Å². The van der Waals surface area contributed by atoms with Crippen molar-refractivity contribution < 1.29 is 13.2 Å². The molecule has 0 spiro atoms. The van der Waals surface area contributed by atoms with Gasteiger partial charge in [-0.15, -0.1) is 0 Å². The standard InChI is InChI=1S/C19H20ClN3O3S/c1-12-11-21-18(23-5-2-6-27(23,25)26)10-17(12)19(24)22-16-8-14(13-3-4-13)7-15(20)9-16/h7-11,13H,2-6H2,1H3,(H,22,24). The first-order valence-corrected chi connectivity index (χ1v) is 10.9. The van der Waals surface area contributed by atoms with Gasteiger partial charge in [-0.25, -0.2) is 13.4 Å². The van der Waals surface area contributed by atoms with Gasteiger partial charge in [-0.1, -0.05) is 11.6 Å². The Hall–Kier alpha value is -2.12. The van der Waals surface area contributed by atoms with Crippen LogP contribution in [0.25, 0.3) is 0 Å². The lowest BCUT2D eigenvalue weighted by atomic mass is 10.1. The fourth-order valence-electron chi connectivity index (χ4n) is 3.33. The summed E-state index contributed by atoms with van der Waals surface area (Å²) in [5, 5.41) is 3.47. The van der Waals surface area contributed by atoms with Crippen molar-refractivity contribution in [2.75, 3.05) is 21.9 Å². The van der Waals surface area contributed by atoms with Gasteiger partial charge in [0.1, 0.15) is 5.82 Å². The van der Waals surface area contributed by atoms with Crippen molar-refractivity contribution in [3.8, 4) is 0 Å². The van der Waals surface area contributed by atoms with Crippen molar-refractivity contribution in [2.45, 2.75) is 32.1 Å². The minimum Gasteiger partial charge on any atom is -0.322 e. The van der Waals surface area contributed by atoms with Crippen molar-refractivity contribution in [2.24, 2.45) is 0 Å². The molecule has 2 heterocycles. The van der Waals surface area contributed by atoms with Crippen LogP contribution in [0, 0.1) is 6.92 Å². The van der Waals surface area contributed by atoms with Crippen LogP contribution in [-0.2, 0) is 10.0 Å². The summed E-state index contributed by atoms with van der Waals surface area (Å²) in [6, 6.07) is 7.14. The molecule has 1 saturated heterocycles. The lowest BCUT2D eigenvalue weighted by Crippen LogP contribution is -2.26. The van der Waals surface area contributed by atoms with E-state index in [1.54, 1.807) is 19.1 Å². The third-order valence-electron chi connectivity index (χ3n) is 4.91. The smallest absolute Gasteiger partial charge is 0.256 e. The van der Waals surface area contributed by atoms with Gasteiger partial charge in [0, 0.05) is 29.0 Å². The Bertz CT molecular complexity index is 1020. The molecule has 2 aliphatic rings. The molecule has 1 saturated carbocycles. The number of rotatable bonds is 4. The minimum absolute atomic E-state index is 0.108. The molecule has 1 amide bonds. The molecule has 1 aromatic carbocycles. The van der Waals surface area contributed by atoms with E-state index in [0.717, 1.165) is 18.4 Å². The summed E-state index contributed by atoms with van der Waals surface area (Å²) in [5.74, 6) is 0.607. The molecular weight excluding hydrogens is 386 g/mol. The van der Waals surface area contributed by atoms with E-state index in [1.165, 1.54) is 10.5 Å². The van der Waals surface area contributed by atoms with E-state index in [4.69, 9.17) is 11.6 Å². The zero-order valence-electron chi connectivity index (χ0n) is 14.9. The van der Waals surface area contributed by atoms with Crippen molar-refractivity contribution in [3.05, 3.63) is 52.2 Å². The third-order valence-corrected chi connectivity index (χ3v) is 6.98. The molecule has 1 N–H and O–H groups in total. The summed E-state index contributed by atoms with van der Waals surface area (Å²) in [6.45, 7) is 2.16. The normalized spacial score (nSPS) is 18.5. The van der Waals surface area contributed by atoms with Gasteiger partial charge in [0.25, 0.3) is 5.91 Å². The van der Waals surface area contributed by atoms with Gasteiger partial charge >= 0.3 is 0 Å². The second-order valence-corrected chi connectivity index (χ2v) is 9.55. The first-order valence-electron chi connectivity index (χ1n) is 8.92. The van der Waals surface area contributed by atoms with Gasteiger partial charge < -0.3 is 5.32 Å². The number of benzene rings is 1. The molecule has 0 radical (unpaired) electrons. The zero-order chi connectivity index (χ0) is 19.2. The predicted octanol–water partition coefficient (Wildman–Crippen LogP) is 3.71. The van der Waals surface area contributed by atoms with E-state index in [1.807, 2.05) is 12.1 Å². The zero-order valence-corrected chi connectivity index (χ0v) is 16.5. The Morgan fingerprint density at radius 3 is 2.70 bits per heavy atom. The Labute approximate surface area is 163 Å². The monoisotopic (exact) mass is 405 g/mol. The number of carbonyl (C=O) groups excluding carboxylic acids is 1. The Morgan fingerprint density at radius 2 is 2.04 bits per heavy atom. The first kappa shape index (κ1) is 18.3. The molecule has 0 unspecified atom stereocenters. The fourth-order valence-corrected chi connectivity index (χ4v) is 5.08. The Balaban J connectivity index is 1.61. The molecule has 1 aliphatic carbocycles. The average molecular weight is 406 g/mol. The van der Waals surface area contributed by atoms with E-state index in [2.05, 4.69) is 10.3 Å². The number of nitrogens with one attached hydrogen (secondary N) is 1. The average Bonchev–Trinajstić information content (AvgIpc) is 3.38. The van der Waals surface area contributed by atoms with E-state index in [9.17, 15) is 13.2 Å². The number of halogens is 1. The van der Waals surface area contributed by atoms with E-state index < -0.39 is 10.0 Å². The third kappa shape index (κ3) is 3.80. The number of carbonyl (C=O) groups is 1. The summed E-state index contributed by atoms with van der Waals surface area (Å²) in [7, 11) is -3.35. The number of pyridine rings is 1. The quantitative estimate of drug-likeness (QED) is 0.840. The van der Waals surface area contributed by atoms with Gasteiger partial charge in [0.2, 0.25) is 10.0 Å². The highest BCUT2D eigenvalue weighted by Gasteiger charge is 2.30. The molecular formula is C19H20ClN3O3S. The molecule has 0 atom stereocenters. The van der Waals surface area contributed by atoms with Gasteiger partial charge in [0.05, 0.1) is 5.75 Å². The molecule has 1 aromatic heterocycles. The van der Waals surface area contributed by atoms with Crippen LogP contribution in [0.2, 0.25) is 5.02 Å². The van der Waals surface area contributed by atoms with Gasteiger partial charge in [-0.2, -0.15) is 0 Å². The van der Waals surface area contributed by atoms with Crippen LogP contribution in [0.3, 0.4) is 0 Å². The molecule has 6 nitrogen and oxygen atoms in total. The highest BCUT2D eigenvalue weighted by molar-refractivity contribution is 7.93. The van der Waals surface area contributed by atoms with Crippen LogP contribution < -0.4 is 9.62 Å². The van der Waals surface area contributed by atoms with Crippen LogP contribution in [0.1, 0.15) is 46.7 Å². The van der Waals surface area contributed by atoms with Gasteiger partial charge in [0.15, 0.2) is 0 Å². The lowest BCUT2D eigenvalue weighted by Gasteiger charge is -2.17. The summed E-state index contributed by atoms with van der Waals surface area (Å²) in [5.41, 5.74) is 2.85. The number of anilines is 2. The van der Waals surface area contributed by atoms with Crippen LogP contribution in [-0.4, -0.2) is 31.6 Å². The lowest BCUT2D eigenvalue weighted by molar-refractivity contribution is 0.102. The molecule has 1 aliphatic heterocycles. The summed E-state index contributed by atoms with van der Waals surface area (Å²) < 4.78 is 25.5. The van der Waals surface area contributed by atoms with Crippen molar-refractivity contribution in [3.63, 3.8) is 0 Å². The Kier molecular flexibility index (Phi) is 4.60. The van der Waals surface area contributed by atoms with Gasteiger partial charge in [-0.05, 0) is 67.5 Å². The SMILES string of the molecule is Cc1cnc(N2CCCS2(=O)=O)cc1C(=O)Nc1cc(Cl)cc(C2CC2)c1. The van der Waals surface area contributed by atoms with Crippen molar-refractivity contribution in [1.82, 2.24) is 4.98 Å². The maximum Gasteiger partial charge on any atom is 0.256 e. The minimum atomic E-state index is -3.35. The fraction of sp³-hybridized carbons (Fsp3) is 0.368. The highest BCUT2D eigenvalue weighted by atomic mass is 35.5. The van der Waals surface area contributed by atoms with Crippen LogP contribution in [0.5, 0.6) is 0 Å². The number of hydrogen-bond donors (Lipinski definition) is 1. The summed E-state index contributed by atoms with van der Waals surface area (Å²) in [6.07, 6.45) is 4.38. The first-order chi connectivity index (χ1) is 12.8.